The van der Waals surface area contributed by atoms with Crippen LogP contribution in [0.25, 0.3) is 15.9 Å². The number of thiophene rings is 1. The molecule has 3 aromatic rings. The summed E-state index contributed by atoms with van der Waals surface area (Å²) in [6.45, 7) is 6.21. The maximum absolute atomic E-state index is 13.6. The number of quaternary nitrogens is 1. The minimum Gasteiger partial charge on any atom is -0.353 e. The normalized spacial score (nSPS) is 17.7. The molecular formula is C20H24ClN4OS+. The van der Waals surface area contributed by atoms with Gasteiger partial charge in [0, 0.05) is 17.5 Å². The van der Waals surface area contributed by atoms with Gasteiger partial charge in [-0.2, -0.15) is 0 Å². The number of aromatic nitrogens is 2. The number of nitrogens with zero attached hydrogens (tertiary/aromatic N) is 2. The van der Waals surface area contributed by atoms with Crippen molar-refractivity contribution in [1.29, 1.82) is 0 Å². The van der Waals surface area contributed by atoms with Gasteiger partial charge in [-0.25, -0.2) is 9.55 Å². The molecule has 0 saturated heterocycles. The second-order valence-corrected chi connectivity index (χ2v) is 8.85. The first-order valence-corrected chi connectivity index (χ1v) is 10.6. The predicted molar refractivity (Wildman–Crippen MR) is 113 cm³/mol. The SMILES string of the molecule is CC[C@H](C)Nc1nc2sc3c(c2c(=O)n1-c1cccc(Cl)c1)CC[NH+](C)C3. The van der Waals surface area contributed by atoms with Gasteiger partial charge in [0.25, 0.3) is 5.56 Å². The first kappa shape index (κ1) is 18.5. The Morgan fingerprint density at radius 1 is 1.44 bits per heavy atom. The molecule has 0 spiro atoms. The van der Waals surface area contributed by atoms with Gasteiger partial charge in [0.05, 0.1) is 29.5 Å². The minimum absolute atomic E-state index is 0.00915. The summed E-state index contributed by atoms with van der Waals surface area (Å²) in [5, 5.41) is 4.79. The molecule has 0 saturated carbocycles. The van der Waals surface area contributed by atoms with E-state index in [0.717, 1.165) is 41.8 Å². The first-order valence-electron chi connectivity index (χ1n) is 9.39. The third kappa shape index (κ3) is 3.37. The van der Waals surface area contributed by atoms with Gasteiger partial charge < -0.3 is 10.2 Å². The van der Waals surface area contributed by atoms with Crippen LogP contribution >= 0.6 is 22.9 Å². The van der Waals surface area contributed by atoms with Gasteiger partial charge in [0.2, 0.25) is 5.95 Å². The molecule has 5 nitrogen and oxygen atoms in total. The Hall–Kier alpha value is -1.89. The zero-order chi connectivity index (χ0) is 19.1. The fraction of sp³-hybridized carbons (Fsp3) is 0.400. The van der Waals surface area contributed by atoms with Gasteiger partial charge in [-0.3, -0.25) is 4.79 Å². The van der Waals surface area contributed by atoms with Gasteiger partial charge in [0.1, 0.15) is 11.4 Å². The average Bonchev–Trinajstić information content (AvgIpc) is 2.99. The average molecular weight is 404 g/mol. The molecule has 7 heteroatoms. The van der Waals surface area contributed by atoms with E-state index in [1.165, 1.54) is 15.3 Å². The van der Waals surface area contributed by atoms with Crippen LogP contribution < -0.4 is 15.8 Å². The van der Waals surface area contributed by atoms with E-state index in [-0.39, 0.29) is 11.6 Å². The number of halogens is 1. The number of rotatable bonds is 4. The van der Waals surface area contributed by atoms with Gasteiger partial charge in [0.15, 0.2) is 0 Å². The molecule has 1 aliphatic rings. The topological polar surface area (TPSA) is 51.4 Å². The largest absolute Gasteiger partial charge is 0.353 e. The highest BCUT2D eigenvalue weighted by molar-refractivity contribution is 7.18. The van der Waals surface area contributed by atoms with Crippen molar-refractivity contribution < 1.29 is 4.90 Å². The molecule has 4 rings (SSSR count). The van der Waals surface area contributed by atoms with Crippen molar-refractivity contribution in [2.24, 2.45) is 0 Å². The summed E-state index contributed by atoms with van der Waals surface area (Å²) >= 11 is 7.87. The van der Waals surface area contributed by atoms with Crippen LogP contribution in [0.3, 0.4) is 0 Å². The quantitative estimate of drug-likeness (QED) is 0.704. The summed E-state index contributed by atoms with van der Waals surface area (Å²) in [7, 11) is 2.20. The highest BCUT2D eigenvalue weighted by atomic mass is 35.5. The molecule has 1 aromatic carbocycles. The lowest BCUT2D eigenvalue weighted by molar-refractivity contribution is -0.895. The smallest absolute Gasteiger partial charge is 0.268 e. The number of nitrogens with one attached hydrogen (secondary N) is 2. The highest BCUT2D eigenvalue weighted by Gasteiger charge is 2.26. The van der Waals surface area contributed by atoms with E-state index in [0.29, 0.717) is 11.0 Å². The molecule has 3 heterocycles. The minimum atomic E-state index is -0.00915. The van der Waals surface area contributed by atoms with E-state index in [1.807, 2.05) is 24.3 Å². The summed E-state index contributed by atoms with van der Waals surface area (Å²) in [4.78, 5) is 22.1. The molecule has 1 aliphatic heterocycles. The van der Waals surface area contributed by atoms with Crippen molar-refractivity contribution in [2.45, 2.75) is 39.3 Å². The summed E-state index contributed by atoms with van der Waals surface area (Å²) < 4.78 is 1.68. The van der Waals surface area contributed by atoms with Crippen LogP contribution in [0.5, 0.6) is 0 Å². The molecule has 2 N–H and O–H groups in total. The Morgan fingerprint density at radius 3 is 3.00 bits per heavy atom. The van der Waals surface area contributed by atoms with Crippen LogP contribution in [0.2, 0.25) is 5.02 Å². The van der Waals surface area contributed by atoms with E-state index >= 15 is 0 Å². The van der Waals surface area contributed by atoms with E-state index in [1.54, 1.807) is 15.9 Å². The van der Waals surface area contributed by atoms with Crippen molar-refractivity contribution in [3.63, 3.8) is 0 Å². The maximum Gasteiger partial charge on any atom is 0.268 e. The van der Waals surface area contributed by atoms with Crippen molar-refractivity contribution in [2.75, 3.05) is 18.9 Å². The number of benzene rings is 1. The third-order valence-corrected chi connectivity index (χ3v) is 6.59. The van der Waals surface area contributed by atoms with E-state index in [9.17, 15) is 4.79 Å². The Morgan fingerprint density at radius 2 is 2.26 bits per heavy atom. The van der Waals surface area contributed by atoms with Gasteiger partial charge in [-0.05, 0) is 37.1 Å². The molecular weight excluding hydrogens is 380 g/mol. The summed E-state index contributed by atoms with van der Waals surface area (Å²) in [5.41, 5.74) is 1.92. The number of likely N-dealkylation sites (N-methyl/N-ethyl adjacent to an activating group) is 1. The predicted octanol–water partition coefficient (Wildman–Crippen LogP) is 2.88. The van der Waals surface area contributed by atoms with Crippen LogP contribution in [0.1, 0.15) is 30.7 Å². The molecule has 0 aliphatic carbocycles. The molecule has 27 heavy (non-hydrogen) atoms. The number of hydrogen-bond donors (Lipinski definition) is 2. The second kappa shape index (κ2) is 7.26. The zero-order valence-electron chi connectivity index (χ0n) is 15.8. The lowest BCUT2D eigenvalue weighted by Crippen LogP contribution is -3.08. The Balaban J connectivity index is 1.99. The lowest BCUT2D eigenvalue weighted by atomic mass is 10.1. The molecule has 0 bridgehead atoms. The number of anilines is 1. The van der Waals surface area contributed by atoms with Crippen molar-refractivity contribution >= 4 is 39.1 Å². The first-order chi connectivity index (χ1) is 13.0. The highest BCUT2D eigenvalue weighted by Crippen LogP contribution is 2.31. The van der Waals surface area contributed by atoms with Crippen molar-refractivity contribution in [3.8, 4) is 5.69 Å². The van der Waals surface area contributed by atoms with E-state index < -0.39 is 0 Å². The second-order valence-electron chi connectivity index (χ2n) is 7.33. The summed E-state index contributed by atoms with van der Waals surface area (Å²) in [6.07, 6.45) is 1.87. The van der Waals surface area contributed by atoms with Crippen LogP contribution in [0, 0.1) is 0 Å². The van der Waals surface area contributed by atoms with Gasteiger partial charge in [-0.15, -0.1) is 11.3 Å². The molecule has 2 atom stereocenters. The molecule has 2 aromatic heterocycles. The molecule has 0 fully saturated rings. The van der Waals surface area contributed by atoms with Crippen LogP contribution in [0.4, 0.5) is 5.95 Å². The zero-order valence-corrected chi connectivity index (χ0v) is 17.4. The van der Waals surface area contributed by atoms with E-state index in [4.69, 9.17) is 16.6 Å². The lowest BCUT2D eigenvalue weighted by Gasteiger charge is -2.19. The third-order valence-electron chi connectivity index (χ3n) is 5.23. The molecule has 0 amide bonds. The fourth-order valence-corrected chi connectivity index (χ4v) is 5.04. The number of hydrogen-bond acceptors (Lipinski definition) is 4. The van der Waals surface area contributed by atoms with Crippen molar-refractivity contribution in [1.82, 2.24) is 9.55 Å². The molecule has 0 radical (unpaired) electrons. The van der Waals surface area contributed by atoms with E-state index in [2.05, 4.69) is 26.2 Å². The Kier molecular flexibility index (Phi) is 4.97. The fourth-order valence-electron chi connectivity index (χ4n) is 3.53. The molecule has 1 unspecified atom stereocenters. The van der Waals surface area contributed by atoms with Crippen molar-refractivity contribution in [3.05, 3.63) is 50.1 Å². The summed E-state index contributed by atoms with van der Waals surface area (Å²) in [6, 6.07) is 7.61. The van der Waals surface area contributed by atoms with Gasteiger partial charge >= 0.3 is 0 Å². The number of fused-ring (bicyclic) bond motifs is 3. The Bertz CT molecular complexity index is 1060. The summed E-state index contributed by atoms with van der Waals surface area (Å²) in [5.74, 6) is 0.586. The maximum atomic E-state index is 13.6. The standard InChI is InChI=1S/C20H23ClN4OS/c1-4-12(2)22-20-23-18-17(15-8-9-24(3)11-16(15)27-18)19(26)25(20)14-7-5-6-13(21)10-14/h5-7,10,12H,4,8-9,11H2,1-3H3,(H,22,23)/p+1/t12-/m0/s1. The Labute approximate surface area is 167 Å². The van der Waals surface area contributed by atoms with Crippen LogP contribution in [0.15, 0.2) is 29.1 Å². The van der Waals surface area contributed by atoms with Crippen LogP contribution in [-0.2, 0) is 13.0 Å². The molecule has 142 valence electrons. The monoisotopic (exact) mass is 403 g/mol. The van der Waals surface area contributed by atoms with Crippen LogP contribution in [-0.4, -0.2) is 29.2 Å². The van der Waals surface area contributed by atoms with Gasteiger partial charge in [-0.1, -0.05) is 24.6 Å².